The Balaban J connectivity index is 1.45. The van der Waals surface area contributed by atoms with E-state index in [1.165, 1.54) is 0 Å². The Bertz CT molecular complexity index is 2300. The molecular weight excluding hydrogens is 670 g/mol. The van der Waals surface area contributed by atoms with Gasteiger partial charge in [0.1, 0.15) is 17.0 Å². The highest BCUT2D eigenvalue weighted by atomic mass is 16.5. The van der Waals surface area contributed by atoms with Crippen LogP contribution in [0, 0.1) is 5.41 Å². The second-order valence-corrected chi connectivity index (χ2v) is 13.8. The second kappa shape index (κ2) is 13.1. The molecule has 3 atom stereocenters. The van der Waals surface area contributed by atoms with E-state index in [0.717, 1.165) is 51.1 Å². The summed E-state index contributed by atoms with van der Waals surface area (Å²) in [7, 11) is 11.8. The molecule has 53 heavy (non-hydrogen) atoms. The number of hydrogen-bond donors (Lipinski definition) is 0. The highest BCUT2D eigenvalue weighted by molar-refractivity contribution is 6.08. The zero-order chi connectivity index (χ0) is 37.1. The summed E-state index contributed by atoms with van der Waals surface area (Å²) in [5, 5.41) is 0. The fraction of sp³-hybridized carbons (Fsp3) is 0.326. The first-order valence-electron chi connectivity index (χ1n) is 17.7. The summed E-state index contributed by atoms with van der Waals surface area (Å²) in [5.41, 5.74) is 5.45. The molecule has 2 fully saturated rings. The number of carbonyl (C=O) groups excluding carboxylic acids is 1. The van der Waals surface area contributed by atoms with Crippen LogP contribution in [0.2, 0.25) is 0 Å². The van der Waals surface area contributed by atoms with Crippen LogP contribution in [-0.2, 0) is 10.3 Å². The van der Waals surface area contributed by atoms with E-state index < -0.39 is 11.0 Å². The van der Waals surface area contributed by atoms with Gasteiger partial charge in [0, 0.05) is 41.3 Å². The third-order valence-electron chi connectivity index (χ3n) is 11.6. The molecular formula is C43H43N3O7. The van der Waals surface area contributed by atoms with Crippen molar-refractivity contribution in [3.8, 4) is 45.8 Å². The van der Waals surface area contributed by atoms with Crippen molar-refractivity contribution in [3.63, 3.8) is 0 Å². The van der Waals surface area contributed by atoms with Gasteiger partial charge in [0.2, 0.25) is 0 Å². The number of benzene rings is 4. The minimum Gasteiger partial charge on any atom is -0.496 e. The molecule has 1 saturated carbocycles. The number of aromatic nitrogens is 2. The van der Waals surface area contributed by atoms with Gasteiger partial charge in [0.05, 0.1) is 70.5 Å². The highest BCUT2D eigenvalue weighted by Crippen LogP contribution is 2.70. The summed E-state index contributed by atoms with van der Waals surface area (Å²) in [6.07, 6.45) is 3.91. The number of nitrogens with zero attached hydrogens (tertiary/aromatic N) is 3. The SMILES string of the molecule is COc1cc(OC)c(OC)cc1C=C1CCCC2(C1=O)C(c1cc(OC)c(OC)cc1OC)CN(C)C21c2ccccc2-c2nc3ccccc3nc21. The number of allylic oxidation sites excluding steroid dienone is 1. The lowest BCUT2D eigenvalue weighted by Crippen LogP contribution is -2.56. The van der Waals surface area contributed by atoms with E-state index in [4.69, 9.17) is 38.4 Å². The quantitative estimate of drug-likeness (QED) is 0.151. The maximum absolute atomic E-state index is 16.1. The highest BCUT2D eigenvalue weighted by Gasteiger charge is 2.72. The van der Waals surface area contributed by atoms with Gasteiger partial charge in [-0.2, -0.15) is 0 Å². The third-order valence-corrected chi connectivity index (χ3v) is 11.6. The maximum Gasteiger partial charge on any atom is 0.168 e. The van der Waals surface area contributed by atoms with E-state index in [-0.39, 0.29) is 11.7 Å². The largest absolute Gasteiger partial charge is 0.496 e. The van der Waals surface area contributed by atoms with Gasteiger partial charge in [-0.1, -0.05) is 36.4 Å². The predicted octanol–water partition coefficient (Wildman–Crippen LogP) is 7.46. The number of fused-ring (bicyclic) bond motifs is 7. The third kappa shape index (κ3) is 4.77. The van der Waals surface area contributed by atoms with Gasteiger partial charge in [-0.15, -0.1) is 0 Å². The van der Waals surface area contributed by atoms with Crippen molar-refractivity contribution in [2.24, 2.45) is 5.41 Å². The number of likely N-dealkylation sites (tertiary alicyclic amines) is 1. The van der Waals surface area contributed by atoms with Crippen LogP contribution in [-0.4, -0.2) is 76.9 Å². The Morgan fingerprint density at radius 3 is 1.98 bits per heavy atom. The summed E-state index contributed by atoms with van der Waals surface area (Å²) >= 11 is 0. The molecule has 4 aromatic carbocycles. The van der Waals surface area contributed by atoms with Gasteiger partial charge in [0.15, 0.2) is 28.8 Å². The Morgan fingerprint density at radius 1 is 0.717 bits per heavy atom. The molecule has 0 radical (unpaired) electrons. The standard InChI is InChI=1S/C43H43N3O7/c1-46-24-30(28-21-36(51-5)38(53-7)23-34(28)49-3)42(18-12-13-25(41(42)47)19-26-20-35(50-4)37(52-6)22-33(26)48-2)43(46)29-15-9-8-14-27(29)39-40(43)45-32-17-11-10-16-31(32)44-39/h8-11,14-17,19-23,30H,12-13,18,24H2,1-7H3. The molecule has 1 aliphatic heterocycles. The fourth-order valence-corrected chi connectivity index (χ4v) is 9.50. The number of rotatable bonds is 8. The van der Waals surface area contributed by atoms with E-state index in [0.29, 0.717) is 59.5 Å². The lowest BCUT2D eigenvalue weighted by molar-refractivity contribution is -0.132. The minimum atomic E-state index is -1.05. The predicted molar refractivity (Wildman–Crippen MR) is 203 cm³/mol. The van der Waals surface area contributed by atoms with Gasteiger partial charge in [-0.05, 0) is 67.8 Å². The number of hydrogen-bond acceptors (Lipinski definition) is 10. The topological polar surface area (TPSA) is 101 Å². The Kier molecular flexibility index (Phi) is 8.53. The molecule has 0 amide bonds. The van der Waals surface area contributed by atoms with E-state index in [9.17, 15) is 0 Å². The molecule has 2 aliphatic carbocycles. The van der Waals surface area contributed by atoms with Crippen molar-refractivity contribution in [1.82, 2.24) is 14.9 Å². The average molecular weight is 714 g/mol. The zero-order valence-electron chi connectivity index (χ0n) is 31.1. The second-order valence-electron chi connectivity index (χ2n) is 13.8. The summed E-state index contributed by atoms with van der Waals surface area (Å²) in [4.78, 5) is 29.2. The molecule has 5 aromatic rings. The summed E-state index contributed by atoms with van der Waals surface area (Å²) < 4.78 is 34.7. The summed E-state index contributed by atoms with van der Waals surface area (Å²) in [5.74, 6) is 3.10. The van der Waals surface area contributed by atoms with Crippen LogP contribution < -0.4 is 28.4 Å². The normalized spacial score (nSPS) is 22.7. The minimum absolute atomic E-state index is 0.0457. The molecule has 3 aliphatic rings. The van der Waals surface area contributed by atoms with Gasteiger partial charge in [-0.25, -0.2) is 9.97 Å². The fourth-order valence-electron chi connectivity index (χ4n) is 9.50. The van der Waals surface area contributed by atoms with E-state index in [1.807, 2.05) is 54.6 Å². The van der Waals surface area contributed by atoms with Gasteiger partial charge >= 0.3 is 0 Å². The lowest BCUT2D eigenvalue weighted by atomic mass is 9.53. The smallest absolute Gasteiger partial charge is 0.168 e. The van der Waals surface area contributed by atoms with Crippen molar-refractivity contribution >= 4 is 22.9 Å². The first-order valence-corrected chi connectivity index (χ1v) is 17.7. The first-order chi connectivity index (χ1) is 25.8. The molecule has 10 heteroatoms. The number of ether oxygens (including phenoxy) is 6. The number of Topliss-reactive ketones (excluding diaryl/α,β-unsaturated/α-hetero) is 1. The van der Waals surface area contributed by atoms with E-state index in [1.54, 1.807) is 48.7 Å². The van der Waals surface area contributed by atoms with Crippen LogP contribution in [0.4, 0.5) is 0 Å². The van der Waals surface area contributed by atoms with Gasteiger partial charge < -0.3 is 28.4 Å². The molecule has 3 unspecified atom stereocenters. The van der Waals surface area contributed by atoms with Gasteiger partial charge in [-0.3, -0.25) is 9.69 Å². The van der Waals surface area contributed by atoms with Crippen LogP contribution in [0.1, 0.15) is 47.6 Å². The lowest BCUT2D eigenvalue weighted by Gasteiger charge is -2.50. The van der Waals surface area contributed by atoms with Crippen LogP contribution >= 0.6 is 0 Å². The number of para-hydroxylation sites is 2. The van der Waals surface area contributed by atoms with Gasteiger partial charge in [0.25, 0.3) is 0 Å². The summed E-state index contributed by atoms with van der Waals surface area (Å²) in [6.45, 7) is 0.535. The molecule has 1 saturated heterocycles. The average Bonchev–Trinajstić information content (AvgIpc) is 3.63. The molecule has 0 bridgehead atoms. The van der Waals surface area contributed by atoms with Crippen LogP contribution in [0.3, 0.4) is 0 Å². The maximum atomic E-state index is 16.1. The molecule has 1 aromatic heterocycles. The molecule has 10 nitrogen and oxygen atoms in total. The number of ketones is 1. The molecule has 2 heterocycles. The first kappa shape index (κ1) is 34.5. The number of methoxy groups -OCH3 is 6. The van der Waals surface area contributed by atoms with E-state index in [2.05, 4.69) is 30.1 Å². The van der Waals surface area contributed by atoms with Crippen molar-refractivity contribution < 1.29 is 33.2 Å². The summed E-state index contributed by atoms with van der Waals surface area (Å²) in [6, 6.07) is 23.8. The Morgan fingerprint density at radius 2 is 1.30 bits per heavy atom. The monoisotopic (exact) mass is 713 g/mol. The van der Waals surface area contributed by atoms with Crippen LogP contribution in [0.25, 0.3) is 28.4 Å². The molecule has 272 valence electrons. The van der Waals surface area contributed by atoms with Crippen LogP contribution in [0.15, 0.2) is 78.4 Å². The van der Waals surface area contributed by atoms with Crippen molar-refractivity contribution in [1.29, 1.82) is 0 Å². The van der Waals surface area contributed by atoms with E-state index >= 15 is 4.79 Å². The van der Waals surface area contributed by atoms with Crippen molar-refractivity contribution in [3.05, 3.63) is 101 Å². The van der Waals surface area contributed by atoms with Crippen LogP contribution in [0.5, 0.6) is 34.5 Å². The Labute approximate surface area is 309 Å². The Hall–Kier alpha value is -5.61. The molecule has 2 spiro atoms. The van der Waals surface area contributed by atoms with Crippen molar-refractivity contribution in [2.45, 2.75) is 30.7 Å². The molecule has 0 N–H and O–H groups in total. The zero-order valence-corrected chi connectivity index (χ0v) is 31.1. The molecule has 8 rings (SSSR count). The van der Waals surface area contributed by atoms with Crippen molar-refractivity contribution in [2.75, 3.05) is 56.3 Å². The number of carbonyl (C=O) groups is 1. The number of likely N-dealkylation sites (N-methyl/N-ethyl adjacent to an activating group) is 1.